The van der Waals surface area contributed by atoms with Gasteiger partial charge in [0.05, 0.1) is 5.02 Å². The third kappa shape index (κ3) is 1.94. The van der Waals surface area contributed by atoms with Crippen LogP contribution in [0.15, 0.2) is 17.0 Å². The molecule has 1 aromatic carbocycles. The number of halogens is 2. The largest absolute Gasteiger partial charge is 0.298 e. The Morgan fingerprint density at radius 1 is 1.42 bits per heavy atom. The molecule has 0 aliphatic carbocycles. The van der Waals surface area contributed by atoms with E-state index in [0.29, 0.717) is 21.9 Å². The molecule has 0 aromatic heterocycles. The molecule has 0 saturated heterocycles. The SMILES string of the molecule is CSc1cc(Cl)cc(C=O)c1Cl. The molecule has 0 unspecified atom stereocenters. The van der Waals surface area contributed by atoms with Gasteiger partial charge in [-0.15, -0.1) is 11.8 Å². The highest BCUT2D eigenvalue weighted by molar-refractivity contribution is 7.98. The highest BCUT2D eigenvalue weighted by Crippen LogP contribution is 2.30. The summed E-state index contributed by atoms with van der Waals surface area (Å²) in [7, 11) is 0. The Balaban J connectivity index is 3.31. The standard InChI is InChI=1S/C8H6Cl2OS/c1-12-7-3-6(9)2-5(4-11)8(7)10/h2-4H,1H3. The van der Waals surface area contributed by atoms with E-state index in [1.165, 1.54) is 11.8 Å². The van der Waals surface area contributed by atoms with E-state index in [1.54, 1.807) is 12.1 Å². The molecular weight excluding hydrogens is 215 g/mol. The quantitative estimate of drug-likeness (QED) is 0.561. The molecular formula is C8H6Cl2OS. The highest BCUT2D eigenvalue weighted by atomic mass is 35.5. The summed E-state index contributed by atoms with van der Waals surface area (Å²) in [6.45, 7) is 0. The lowest BCUT2D eigenvalue weighted by Crippen LogP contribution is -1.84. The van der Waals surface area contributed by atoms with Gasteiger partial charge in [-0.2, -0.15) is 0 Å². The van der Waals surface area contributed by atoms with Crippen LogP contribution in [0.2, 0.25) is 10.0 Å². The van der Waals surface area contributed by atoms with Crippen molar-refractivity contribution in [2.75, 3.05) is 6.26 Å². The van der Waals surface area contributed by atoms with Crippen molar-refractivity contribution in [3.8, 4) is 0 Å². The smallest absolute Gasteiger partial charge is 0.151 e. The lowest BCUT2D eigenvalue weighted by Gasteiger charge is -2.03. The normalized spacial score (nSPS) is 9.92. The fraction of sp³-hybridized carbons (Fsp3) is 0.125. The van der Waals surface area contributed by atoms with Crippen LogP contribution in [0.5, 0.6) is 0 Å². The van der Waals surface area contributed by atoms with Gasteiger partial charge in [-0.1, -0.05) is 23.2 Å². The van der Waals surface area contributed by atoms with E-state index in [4.69, 9.17) is 23.2 Å². The second-order valence-electron chi connectivity index (χ2n) is 2.13. The Labute approximate surface area is 85.1 Å². The van der Waals surface area contributed by atoms with E-state index >= 15 is 0 Å². The Hall–Kier alpha value is -0.180. The Morgan fingerprint density at radius 3 is 2.58 bits per heavy atom. The second kappa shape index (κ2) is 4.17. The molecule has 0 amide bonds. The summed E-state index contributed by atoms with van der Waals surface area (Å²) in [6.07, 6.45) is 2.58. The van der Waals surface area contributed by atoms with Crippen molar-refractivity contribution in [2.45, 2.75) is 4.90 Å². The van der Waals surface area contributed by atoms with Crippen LogP contribution in [0.1, 0.15) is 10.4 Å². The number of carbonyl (C=O) groups excluding carboxylic acids is 1. The summed E-state index contributed by atoms with van der Waals surface area (Å²) in [5.41, 5.74) is 0.438. The van der Waals surface area contributed by atoms with Gasteiger partial charge in [0, 0.05) is 15.5 Å². The number of benzene rings is 1. The van der Waals surface area contributed by atoms with Crippen LogP contribution in [0.25, 0.3) is 0 Å². The number of hydrogen-bond acceptors (Lipinski definition) is 2. The monoisotopic (exact) mass is 220 g/mol. The van der Waals surface area contributed by atoms with E-state index in [0.717, 1.165) is 4.90 Å². The minimum absolute atomic E-state index is 0.438. The molecule has 0 aliphatic rings. The second-order valence-corrected chi connectivity index (χ2v) is 3.79. The van der Waals surface area contributed by atoms with E-state index in [2.05, 4.69) is 0 Å². The predicted molar refractivity (Wildman–Crippen MR) is 53.6 cm³/mol. The number of thioether (sulfide) groups is 1. The Kier molecular flexibility index (Phi) is 3.44. The maximum absolute atomic E-state index is 10.5. The zero-order valence-corrected chi connectivity index (χ0v) is 8.63. The molecule has 0 spiro atoms. The molecule has 0 heterocycles. The van der Waals surface area contributed by atoms with E-state index < -0.39 is 0 Å². The van der Waals surface area contributed by atoms with Crippen molar-refractivity contribution < 1.29 is 4.79 Å². The van der Waals surface area contributed by atoms with Crippen LogP contribution in [0, 0.1) is 0 Å². The zero-order chi connectivity index (χ0) is 9.14. The van der Waals surface area contributed by atoms with Gasteiger partial charge < -0.3 is 0 Å². The van der Waals surface area contributed by atoms with E-state index in [9.17, 15) is 4.79 Å². The summed E-state index contributed by atoms with van der Waals surface area (Å²) in [6, 6.07) is 3.29. The lowest BCUT2D eigenvalue weighted by molar-refractivity contribution is 0.112. The molecule has 1 nitrogen and oxygen atoms in total. The van der Waals surface area contributed by atoms with Crippen molar-refractivity contribution in [1.29, 1.82) is 0 Å². The van der Waals surface area contributed by atoms with Crippen LogP contribution < -0.4 is 0 Å². The highest BCUT2D eigenvalue weighted by Gasteiger charge is 2.06. The average Bonchev–Trinajstić information content (AvgIpc) is 2.08. The number of rotatable bonds is 2. The number of carbonyl (C=O) groups is 1. The predicted octanol–water partition coefficient (Wildman–Crippen LogP) is 3.53. The summed E-state index contributed by atoms with van der Waals surface area (Å²) in [5, 5.41) is 1.01. The van der Waals surface area contributed by atoms with Gasteiger partial charge in [0.25, 0.3) is 0 Å². The summed E-state index contributed by atoms with van der Waals surface area (Å²) in [5.74, 6) is 0. The Bertz CT molecular complexity index is 312. The van der Waals surface area contributed by atoms with Crippen molar-refractivity contribution in [3.05, 3.63) is 27.7 Å². The van der Waals surface area contributed by atoms with Gasteiger partial charge in [0.1, 0.15) is 0 Å². The maximum Gasteiger partial charge on any atom is 0.151 e. The first-order valence-corrected chi connectivity index (χ1v) is 5.15. The summed E-state index contributed by atoms with van der Waals surface area (Å²) < 4.78 is 0. The van der Waals surface area contributed by atoms with Crippen molar-refractivity contribution in [2.24, 2.45) is 0 Å². The van der Waals surface area contributed by atoms with Crippen LogP contribution >= 0.6 is 35.0 Å². The molecule has 0 N–H and O–H groups in total. The van der Waals surface area contributed by atoms with Crippen LogP contribution in [-0.4, -0.2) is 12.5 Å². The fourth-order valence-electron chi connectivity index (χ4n) is 0.819. The van der Waals surface area contributed by atoms with E-state index in [1.807, 2.05) is 6.26 Å². The van der Waals surface area contributed by atoms with Gasteiger partial charge in [0.2, 0.25) is 0 Å². The van der Waals surface area contributed by atoms with Crippen molar-refractivity contribution >= 4 is 41.2 Å². The summed E-state index contributed by atoms with van der Waals surface area (Å²) >= 11 is 13.1. The molecule has 1 aromatic rings. The molecule has 0 bridgehead atoms. The first-order valence-electron chi connectivity index (χ1n) is 3.17. The lowest BCUT2D eigenvalue weighted by atomic mass is 10.2. The number of hydrogen-bond donors (Lipinski definition) is 0. The molecule has 0 atom stereocenters. The Morgan fingerprint density at radius 2 is 2.08 bits per heavy atom. The molecule has 12 heavy (non-hydrogen) atoms. The van der Waals surface area contributed by atoms with Gasteiger partial charge in [-0.05, 0) is 18.4 Å². The van der Waals surface area contributed by atoms with Crippen LogP contribution in [-0.2, 0) is 0 Å². The first kappa shape index (κ1) is 9.90. The fourth-order valence-corrected chi connectivity index (χ4v) is 2.04. The minimum Gasteiger partial charge on any atom is -0.298 e. The number of aldehydes is 1. The molecule has 4 heteroatoms. The third-order valence-electron chi connectivity index (χ3n) is 1.38. The summed E-state index contributed by atoms with van der Waals surface area (Å²) in [4.78, 5) is 11.3. The van der Waals surface area contributed by atoms with Crippen LogP contribution in [0.3, 0.4) is 0 Å². The first-order chi connectivity index (χ1) is 5.69. The van der Waals surface area contributed by atoms with Gasteiger partial charge in [-0.3, -0.25) is 4.79 Å². The topological polar surface area (TPSA) is 17.1 Å². The van der Waals surface area contributed by atoms with Crippen molar-refractivity contribution in [3.63, 3.8) is 0 Å². The van der Waals surface area contributed by atoms with Gasteiger partial charge in [0.15, 0.2) is 6.29 Å². The average molecular weight is 221 g/mol. The van der Waals surface area contributed by atoms with Gasteiger partial charge >= 0.3 is 0 Å². The van der Waals surface area contributed by atoms with E-state index in [-0.39, 0.29) is 0 Å². The molecule has 0 saturated carbocycles. The minimum atomic E-state index is 0.438. The third-order valence-corrected chi connectivity index (χ3v) is 2.89. The molecule has 0 aliphatic heterocycles. The maximum atomic E-state index is 10.5. The zero-order valence-electron chi connectivity index (χ0n) is 6.30. The molecule has 64 valence electrons. The molecule has 1 rings (SSSR count). The van der Waals surface area contributed by atoms with Crippen LogP contribution in [0.4, 0.5) is 0 Å². The van der Waals surface area contributed by atoms with Gasteiger partial charge in [-0.25, -0.2) is 0 Å². The molecule has 0 fully saturated rings. The van der Waals surface area contributed by atoms with Crippen molar-refractivity contribution in [1.82, 2.24) is 0 Å². The molecule has 0 radical (unpaired) electrons.